The van der Waals surface area contributed by atoms with Gasteiger partial charge >= 0.3 is 0 Å². The lowest BCUT2D eigenvalue weighted by Gasteiger charge is -2.26. The highest BCUT2D eigenvalue weighted by Gasteiger charge is 2.11. The van der Waals surface area contributed by atoms with Gasteiger partial charge in [0.25, 0.3) is 5.91 Å². The monoisotopic (exact) mass is 338 g/mol. The summed E-state index contributed by atoms with van der Waals surface area (Å²) in [5, 5.41) is 3.02. The summed E-state index contributed by atoms with van der Waals surface area (Å²) < 4.78 is 5.39. The molecule has 0 atom stereocenters. The van der Waals surface area contributed by atoms with Gasteiger partial charge < -0.3 is 10.1 Å². The van der Waals surface area contributed by atoms with Gasteiger partial charge in [-0.3, -0.25) is 9.69 Å². The van der Waals surface area contributed by atoms with Gasteiger partial charge in [0, 0.05) is 31.7 Å². The molecule has 4 heteroatoms. The molecule has 3 rings (SSSR count). The molecule has 1 aliphatic rings. The van der Waals surface area contributed by atoms with Crippen molar-refractivity contribution in [3.63, 3.8) is 0 Å². The van der Waals surface area contributed by atoms with Crippen molar-refractivity contribution in [1.29, 1.82) is 0 Å². The van der Waals surface area contributed by atoms with Crippen molar-refractivity contribution >= 4 is 5.91 Å². The number of ether oxygens (including phenoxy) is 1. The van der Waals surface area contributed by atoms with Crippen LogP contribution < -0.4 is 5.32 Å². The number of rotatable bonds is 5. The highest BCUT2D eigenvalue weighted by molar-refractivity contribution is 5.94. The summed E-state index contributed by atoms with van der Waals surface area (Å²) in [4.78, 5) is 14.7. The molecular formula is C21H26N2O2. The maximum atomic E-state index is 12.4. The Balaban J connectivity index is 1.58. The Morgan fingerprint density at radius 1 is 1.04 bits per heavy atom. The molecule has 1 amide bonds. The molecule has 4 nitrogen and oxygen atoms in total. The van der Waals surface area contributed by atoms with E-state index in [9.17, 15) is 4.79 Å². The molecule has 1 N–H and O–H groups in total. The van der Waals surface area contributed by atoms with Gasteiger partial charge in [0.2, 0.25) is 0 Å². The zero-order valence-electron chi connectivity index (χ0n) is 15.0. The van der Waals surface area contributed by atoms with Crippen LogP contribution in [0.25, 0.3) is 0 Å². The third kappa shape index (κ3) is 4.91. The number of nitrogens with zero attached hydrogens (tertiary/aromatic N) is 1. The number of hydrogen-bond acceptors (Lipinski definition) is 3. The number of benzene rings is 2. The lowest BCUT2D eigenvalue weighted by molar-refractivity contribution is 0.0342. The molecule has 2 aromatic carbocycles. The number of hydrogen-bond donors (Lipinski definition) is 1. The minimum Gasteiger partial charge on any atom is -0.379 e. The third-order valence-electron chi connectivity index (χ3n) is 4.72. The fourth-order valence-electron chi connectivity index (χ4n) is 3.02. The topological polar surface area (TPSA) is 41.6 Å². The highest BCUT2D eigenvalue weighted by atomic mass is 16.5. The number of carbonyl (C=O) groups is 1. The summed E-state index contributed by atoms with van der Waals surface area (Å²) in [5.41, 5.74) is 5.46. The summed E-state index contributed by atoms with van der Waals surface area (Å²) in [5.74, 6) is -0.0262. The van der Waals surface area contributed by atoms with Crippen LogP contribution in [0.3, 0.4) is 0 Å². The van der Waals surface area contributed by atoms with Crippen LogP contribution in [0.15, 0.2) is 42.5 Å². The minimum absolute atomic E-state index is 0.0262. The molecule has 0 saturated carbocycles. The molecule has 0 spiro atoms. The Bertz CT molecular complexity index is 736. The largest absolute Gasteiger partial charge is 0.379 e. The fraction of sp³-hybridized carbons (Fsp3) is 0.381. The molecule has 25 heavy (non-hydrogen) atoms. The van der Waals surface area contributed by atoms with E-state index in [1.807, 2.05) is 25.1 Å². The lowest BCUT2D eigenvalue weighted by atomic mass is 10.1. The summed E-state index contributed by atoms with van der Waals surface area (Å²) in [6.07, 6.45) is 0. The molecule has 0 bridgehead atoms. The van der Waals surface area contributed by atoms with Crippen LogP contribution >= 0.6 is 0 Å². The van der Waals surface area contributed by atoms with Gasteiger partial charge in [-0.25, -0.2) is 0 Å². The van der Waals surface area contributed by atoms with E-state index in [-0.39, 0.29) is 5.91 Å². The first-order chi connectivity index (χ1) is 12.1. The van der Waals surface area contributed by atoms with Crippen LogP contribution in [0.4, 0.5) is 0 Å². The van der Waals surface area contributed by atoms with Gasteiger partial charge in [-0.2, -0.15) is 0 Å². The van der Waals surface area contributed by atoms with Gasteiger partial charge in [0.1, 0.15) is 0 Å². The van der Waals surface area contributed by atoms with E-state index in [0.29, 0.717) is 12.1 Å². The van der Waals surface area contributed by atoms with Crippen LogP contribution in [0.2, 0.25) is 0 Å². The molecule has 1 heterocycles. The molecule has 0 radical (unpaired) electrons. The third-order valence-corrected chi connectivity index (χ3v) is 4.72. The van der Waals surface area contributed by atoms with Crippen molar-refractivity contribution in [3.8, 4) is 0 Å². The lowest BCUT2D eigenvalue weighted by Crippen LogP contribution is -2.35. The minimum atomic E-state index is -0.0262. The molecular weight excluding hydrogens is 312 g/mol. The molecule has 132 valence electrons. The van der Waals surface area contributed by atoms with Gasteiger partial charge in [0.05, 0.1) is 13.2 Å². The SMILES string of the molecule is Cc1ccc(C(=O)NCc2cccc(CN3CCOCC3)c2)cc1C. The number of carbonyl (C=O) groups excluding carboxylic acids is 1. The number of nitrogens with one attached hydrogen (secondary N) is 1. The van der Waals surface area contributed by atoms with Gasteiger partial charge in [-0.1, -0.05) is 30.3 Å². The van der Waals surface area contributed by atoms with Gasteiger partial charge in [-0.05, 0) is 48.2 Å². The Hall–Kier alpha value is -2.17. The first-order valence-electron chi connectivity index (χ1n) is 8.85. The maximum Gasteiger partial charge on any atom is 0.251 e. The van der Waals surface area contributed by atoms with Crippen molar-refractivity contribution in [2.45, 2.75) is 26.9 Å². The van der Waals surface area contributed by atoms with E-state index < -0.39 is 0 Å². The number of aryl methyl sites for hydroxylation is 2. The van der Waals surface area contributed by atoms with E-state index in [2.05, 4.69) is 41.4 Å². The second kappa shape index (κ2) is 8.28. The maximum absolute atomic E-state index is 12.4. The molecule has 2 aromatic rings. The zero-order valence-corrected chi connectivity index (χ0v) is 15.0. The van der Waals surface area contributed by atoms with Crippen molar-refractivity contribution in [1.82, 2.24) is 10.2 Å². The number of amides is 1. The van der Waals surface area contributed by atoms with Crippen molar-refractivity contribution in [3.05, 3.63) is 70.3 Å². The Kier molecular flexibility index (Phi) is 5.84. The van der Waals surface area contributed by atoms with Crippen LogP contribution in [0.1, 0.15) is 32.6 Å². The predicted octanol–water partition coefficient (Wildman–Crippen LogP) is 3.07. The first-order valence-corrected chi connectivity index (χ1v) is 8.85. The second-order valence-electron chi connectivity index (χ2n) is 6.69. The van der Waals surface area contributed by atoms with Crippen LogP contribution in [-0.4, -0.2) is 37.1 Å². The summed E-state index contributed by atoms with van der Waals surface area (Å²) >= 11 is 0. The smallest absolute Gasteiger partial charge is 0.251 e. The summed E-state index contributed by atoms with van der Waals surface area (Å²) in [6, 6.07) is 14.3. The first kappa shape index (κ1) is 17.6. The van der Waals surface area contributed by atoms with Crippen molar-refractivity contribution in [2.75, 3.05) is 26.3 Å². The van der Waals surface area contributed by atoms with Crippen LogP contribution in [0, 0.1) is 13.8 Å². The van der Waals surface area contributed by atoms with Crippen LogP contribution in [-0.2, 0) is 17.8 Å². The van der Waals surface area contributed by atoms with E-state index >= 15 is 0 Å². The van der Waals surface area contributed by atoms with E-state index in [4.69, 9.17) is 4.74 Å². The standard InChI is InChI=1S/C21H26N2O2/c1-16-6-7-20(12-17(16)2)21(24)22-14-18-4-3-5-19(13-18)15-23-8-10-25-11-9-23/h3-7,12-13H,8-11,14-15H2,1-2H3,(H,22,24). The quantitative estimate of drug-likeness (QED) is 0.911. The van der Waals surface area contributed by atoms with Crippen molar-refractivity contribution in [2.24, 2.45) is 0 Å². The second-order valence-corrected chi connectivity index (χ2v) is 6.69. The van der Waals surface area contributed by atoms with E-state index in [0.717, 1.165) is 44.0 Å². The molecule has 1 saturated heterocycles. The van der Waals surface area contributed by atoms with Gasteiger partial charge in [0.15, 0.2) is 0 Å². The Labute approximate surface area is 149 Å². The average molecular weight is 338 g/mol. The zero-order chi connectivity index (χ0) is 17.6. The molecule has 1 aliphatic heterocycles. The predicted molar refractivity (Wildman–Crippen MR) is 99.6 cm³/mol. The fourth-order valence-corrected chi connectivity index (χ4v) is 3.02. The highest BCUT2D eigenvalue weighted by Crippen LogP contribution is 2.12. The average Bonchev–Trinajstić information content (AvgIpc) is 2.63. The Morgan fingerprint density at radius 2 is 1.80 bits per heavy atom. The van der Waals surface area contributed by atoms with Gasteiger partial charge in [-0.15, -0.1) is 0 Å². The van der Waals surface area contributed by atoms with Crippen molar-refractivity contribution < 1.29 is 9.53 Å². The Morgan fingerprint density at radius 3 is 2.56 bits per heavy atom. The summed E-state index contributed by atoms with van der Waals surface area (Å²) in [7, 11) is 0. The normalized spacial score (nSPS) is 15.1. The number of morpholine rings is 1. The molecule has 1 fully saturated rings. The van der Waals surface area contributed by atoms with E-state index in [1.165, 1.54) is 11.1 Å². The van der Waals surface area contributed by atoms with E-state index in [1.54, 1.807) is 0 Å². The van der Waals surface area contributed by atoms with Crippen LogP contribution in [0.5, 0.6) is 0 Å². The molecule has 0 aromatic heterocycles. The summed E-state index contributed by atoms with van der Waals surface area (Å²) in [6.45, 7) is 9.14. The molecule has 0 aliphatic carbocycles. The molecule has 0 unspecified atom stereocenters.